The summed E-state index contributed by atoms with van der Waals surface area (Å²) in [5.74, 6) is 0.285. The Labute approximate surface area is 134 Å². The third-order valence-electron chi connectivity index (χ3n) is 4.57. The van der Waals surface area contributed by atoms with Crippen LogP contribution < -0.4 is 0 Å². The number of amides is 1. The summed E-state index contributed by atoms with van der Waals surface area (Å²) in [6, 6.07) is 8.56. The van der Waals surface area contributed by atoms with Crippen molar-refractivity contribution in [3.63, 3.8) is 0 Å². The quantitative estimate of drug-likeness (QED) is 0.856. The maximum Gasteiger partial charge on any atom is 0.236 e. The summed E-state index contributed by atoms with van der Waals surface area (Å²) in [5.41, 5.74) is 2.47. The van der Waals surface area contributed by atoms with Crippen LogP contribution in [0.25, 0.3) is 0 Å². The van der Waals surface area contributed by atoms with Gasteiger partial charge < -0.3 is 4.90 Å². The van der Waals surface area contributed by atoms with E-state index in [1.165, 1.54) is 10.5 Å². The molecular formula is C17H19N3OS. The second-order valence-corrected chi connectivity index (χ2v) is 7.30. The molecule has 22 heavy (non-hydrogen) atoms. The normalized spacial score (nSPS) is 23.8. The summed E-state index contributed by atoms with van der Waals surface area (Å²) in [6.07, 6.45) is 6.91. The van der Waals surface area contributed by atoms with Crippen LogP contribution >= 0.6 is 11.8 Å². The van der Waals surface area contributed by atoms with E-state index in [0.29, 0.717) is 0 Å². The molecule has 4 nitrogen and oxygen atoms in total. The predicted octanol–water partition coefficient (Wildman–Crippen LogP) is 2.80. The molecule has 0 N–H and O–H groups in total. The molecular weight excluding hydrogens is 294 g/mol. The average molecular weight is 313 g/mol. The molecule has 0 aliphatic carbocycles. The van der Waals surface area contributed by atoms with Gasteiger partial charge in [0.05, 0.1) is 17.5 Å². The van der Waals surface area contributed by atoms with Gasteiger partial charge in [0.25, 0.3) is 0 Å². The van der Waals surface area contributed by atoms with E-state index in [4.69, 9.17) is 0 Å². The number of aromatic nitrogens is 2. The van der Waals surface area contributed by atoms with Gasteiger partial charge in [0.2, 0.25) is 5.91 Å². The smallest absolute Gasteiger partial charge is 0.236 e. The highest BCUT2D eigenvalue weighted by Crippen LogP contribution is 2.40. The highest BCUT2D eigenvalue weighted by atomic mass is 32.2. The fourth-order valence-electron chi connectivity index (χ4n) is 3.49. The standard InChI is InChI=1S/C17H19N3OS/c1-19-11-13(10-18-19)14-6-4-8-20(14)17(21)16-9-12-5-2-3-7-15(12)22-16/h2-3,5,7,10-11,14,16H,4,6,8-9H2,1H3. The van der Waals surface area contributed by atoms with E-state index < -0.39 is 0 Å². The molecule has 2 aliphatic heterocycles. The van der Waals surface area contributed by atoms with Gasteiger partial charge in [-0.25, -0.2) is 0 Å². The molecule has 2 unspecified atom stereocenters. The summed E-state index contributed by atoms with van der Waals surface area (Å²) >= 11 is 1.72. The van der Waals surface area contributed by atoms with E-state index in [9.17, 15) is 4.79 Å². The lowest BCUT2D eigenvalue weighted by molar-refractivity contribution is -0.131. The number of rotatable bonds is 2. The third kappa shape index (κ3) is 2.33. The zero-order chi connectivity index (χ0) is 15.1. The molecule has 0 saturated carbocycles. The Morgan fingerprint density at radius 2 is 2.23 bits per heavy atom. The first-order chi connectivity index (χ1) is 10.7. The number of nitrogens with zero attached hydrogens (tertiary/aromatic N) is 3. The number of thioether (sulfide) groups is 1. The number of hydrogen-bond acceptors (Lipinski definition) is 3. The van der Waals surface area contributed by atoms with E-state index in [-0.39, 0.29) is 17.2 Å². The van der Waals surface area contributed by atoms with Crippen molar-refractivity contribution in [2.24, 2.45) is 7.05 Å². The fraction of sp³-hybridized carbons (Fsp3) is 0.412. The minimum atomic E-state index is 0.0367. The highest BCUT2D eigenvalue weighted by Gasteiger charge is 2.37. The van der Waals surface area contributed by atoms with E-state index in [1.807, 2.05) is 30.2 Å². The Kier molecular flexibility index (Phi) is 3.45. The molecule has 2 aromatic rings. The van der Waals surface area contributed by atoms with Crippen LogP contribution in [0.5, 0.6) is 0 Å². The maximum atomic E-state index is 13.0. The second-order valence-electron chi connectivity index (χ2n) is 6.06. The van der Waals surface area contributed by atoms with Crippen molar-refractivity contribution >= 4 is 17.7 Å². The van der Waals surface area contributed by atoms with E-state index in [2.05, 4.69) is 28.2 Å². The molecule has 114 valence electrons. The van der Waals surface area contributed by atoms with Crippen LogP contribution in [0.15, 0.2) is 41.6 Å². The monoisotopic (exact) mass is 313 g/mol. The molecule has 0 radical (unpaired) electrons. The van der Waals surface area contributed by atoms with Crippen molar-refractivity contribution in [1.82, 2.24) is 14.7 Å². The summed E-state index contributed by atoms with van der Waals surface area (Å²) < 4.78 is 1.82. The van der Waals surface area contributed by atoms with Crippen LogP contribution in [0.3, 0.4) is 0 Å². The number of benzene rings is 1. The molecule has 2 aliphatic rings. The zero-order valence-corrected chi connectivity index (χ0v) is 13.4. The minimum absolute atomic E-state index is 0.0367. The number of hydrogen-bond donors (Lipinski definition) is 0. The number of fused-ring (bicyclic) bond motifs is 1. The molecule has 2 atom stereocenters. The SMILES string of the molecule is Cn1cc(C2CCCN2C(=O)C2Cc3ccccc3S2)cn1. The molecule has 1 saturated heterocycles. The van der Waals surface area contributed by atoms with Crippen molar-refractivity contribution in [1.29, 1.82) is 0 Å². The maximum absolute atomic E-state index is 13.0. The number of aryl methyl sites for hydroxylation is 1. The fourth-order valence-corrected chi connectivity index (χ4v) is 4.76. The van der Waals surface area contributed by atoms with Crippen LogP contribution in [-0.4, -0.2) is 32.4 Å². The molecule has 5 heteroatoms. The second kappa shape index (κ2) is 5.47. The summed E-state index contributed by atoms with van der Waals surface area (Å²) in [6.45, 7) is 0.867. The van der Waals surface area contributed by atoms with Crippen LogP contribution in [0.2, 0.25) is 0 Å². The van der Waals surface area contributed by atoms with Gasteiger partial charge >= 0.3 is 0 Å². The Morgan fingerprint density at radius 1 is 1.36 bits per heavy atom. The van der Waals surface area contributed by atoms with Crippen molar-refractivity contribution in [3.8, 4) is 0 Å². The van der Waals surface area contributed by atoms with Crippen molar-refractivity contribution in [2.75, 3.05) is 6.54 Å². The molecule has 3 heterocycles. The first-order valence-corrected chi connectivity index (χ1v) is 8.64. The van der Waals surface area contributed by atoms with Crippen molar-refractivity contribution < 1.29 is 4.79 Å². The van der Waals surface area contributed by atoms with Gasteiger partial charge in [-0.1, -0.05) is 18.2 Å². The topological polar surface area (TPSA) is 38.1 Å². The number of carbonyl (C=O) groups excluding carboxylic acids is 1. The number of carbonyl (C=O) groups is 1. The molecule has 4 rings (SSSR count). The largest absolute Gasteiger partial charge is 0.335 e. The predicted molar refractivity (Wildman–Crippen MR) is 86.7 cm³/mol. The molecule has 1 aromatic heterocycles. The van der Waals surface area contributed by atoms with Crippen LogP contribution in [-0.2, 0) is 18.3 Å². The van der Waals surface area contributed by atoms with Gasteiger partial charge in [0.15, 0.2) is 0 Å². The molecule has 1 aromatic carbocycles. The lowest BCUT2D eigenvalue weighted by Gasteiger charge is -2.26. The Morgan fingerprint density at radius 3 is 3.00 bits per heavy atom. The van der Waals surface area contributed by atoms with E-state index in [1.54, 1.807) is 11.8 Å². The lowest BCUT2D eigenvalue weighted by Crippen LogP contribution is -2.37. The zero-order valence-electron chi connectivity index (χ0n) is 12.6. The van der Waals surface area contributed by atoms with E-state index in [0.717, 1.165) is 31.4 Å². The lowest BCUT2D eigenvalue weighted by atomic mass is 10.1. The Bertz CT molecular complexity index is 686. The van der Waals surface area contributed by atoms with Gasteiger partial charge in [0, 0.05) is 30.2 Å². The minimum Gasteiger partial charge on any atom is -0.335 e. The molecule has 0 bridgehead atoms. The highest BCUT2D eigenvalue weighted by molar-refractivity contribution is 8.01. The first-order valence-electron chi connectivity index (χ1n) is 7.76. The first kappa shape index (κ1) is 13.9. The average Bonchev–Trinajstić information content (AvgIpc) is 3.24. The van der Waals surface area contributed by atoms with Gasteiger partial charge in [-0.3, -0.25) is 9.48 Å². The van der Waals surface area contributed by atoms with Crippen LogP contribution in [0, 0.1) is 0 Å². The van der Waals surface area contributed by atoms with Gasteiger partial charge in [-0.15, -0.1) is 11.8 Å². The summed E-state index contributed by atoms with van der Waals surface area (Å²) in [5, 5.41) is 4.30. The van der Waals surface area contributed by atoms with Crippen LogP contribution in [0.1, 0.15) is 30.0 Å². The van der Waals surface area contributed by atoms with Gasteiger partial charge in [-0.2, -0.15) is 5.10 Å². The van der Waals surface area contributed by atoms with Crippen LogP contribution in [0.4, 0.5) is 0 Å². The number of likely N-dealkylation sites (tertiary alicyclic amines) is 1. The Hall–Kier alpha value is -1.75. The molecule has 0 spiro atoms. The third-order valence-corrected chi connectivity index (χ3v) is 5.87. The summed E-state index contributed by atoms with van der Waals surface area (Å²) in [4.78, 5) is 16.3. The van der Waals surface area contributed by atoms with Gasteiger partial charge in [-0.05, 0) is 30.9 Å². The van der Waals surface area contributed by atoms with E-state index >= 15 is 0 Å². The van der Waals surface area contributed by atoms with Gasteiger partial charge in [0.1, 0.15) is 0 Å². The van der Waals surface area contributed by atoms with Crippen molar-refractivity contribution in [3.05, 3.63) is 47.8 Å². The Balaban J connectivity index is 1.53. The molecule has 1 amide bonds. The molecule has 1 fully saturated rings. The van der Waals surface area contributed by atoms with Crippen molar-refractivity contribution in [2.45, 2.75) is 35.4 Å². The summed E-state index contributed by atoms with van der Waals surface area (Å²) in [7, 11) is 1.92.